The van der Waals surface area contributed by atoms with Crippen molar-refractivity contribution in [2.24, 2.45) is 0 Å². The first-order chi connectivity index (χ1) is 9.16. The molecular formula is C12H8N4O3. The number of rotatable bonds is 2. The van der Waals surface area contributed by atoms with Gasteiger partial charge in [-0.25, -0.2) is 14.8 Å². The molecule has 0 radical (unpaired) electrons. The first kappa shape index (κ1) is 11.1. The zero-order chi connectivity index (χ0) is 13.4. The molecule has 94 valence electrons. The largest absolute Gasteiger partial charge is 0.478 e. The summed E-state index contributed by atoms with van der Waals surface area (Å²) in [5.41, 5.74) is 0.744. The monoisotopic (exact) mass is 256 g/mol. The van der Waals surface area contributed by atoms with Crippen LogP contribution < -0.4 is 5.43 Å². The summed E-state index contributed by atoms with van der Waals surface area (Å²) >= 11 is 0. The van der Waals surface area contributed by atoms with Crippen LogP contribution in [-0.4, -0.2) is 31.0 Å². The van der Waals surface area contributed by atoms with Crippen molar-refractivity contribution >= 4 is 17.1 Å². The van der Waals surface area contributed by atoms with Crippen molar-refractivity contribution in [2.75, 3.05) is 0 Å². The van der Waals surface area contributed by atoms with Gasteiger partial charge >= 0.3 is 5.97 Å². The molecule has 7 heteroatoms. The van der Waals surface area contributed by atoms with Gasteiger partial charge in [-0.1, -0.05) is 0 Å². The minimum absolute atomic E-state index is 0.0658. The van der Waals surface area contributed by atoms with Crippen LogP contribution in [0.25, 0.3) is 22.6 Å². The van der Waals surface area contributed by atoms with Gasteiger partial charge in [-0.2, -0.15) is 0 Å². The number of H-pyrrole nitrogens is 2. The van der Waals surface area contributed by atoms with E-state index in [2.05, 4.69) is 19.9 Å². The molecule has 3 aromatic rings. The molecule has 0 bridgehead atoms. The topological polar surface area (TPSA) is 112 Å². The molecule has 0 aliphatic heterocycles. The van der Waals surface area contributed by atoms with Gasteiger partial charge in [-0.3, -0.25) is 4.79 Å². The number of hydrogen-bond donors (Lipinski definition) is 3. The van der Waals surface area contributed by atoms with Gasteiger partial charge < -0.3 is 15.1 Å². The minimum atomic E-state index is -1.08. The maximum Gasteiger partial charge on any atom is 0.338 e. The number of carbonyl (C=O) groups is 1. The van der Waals surface area contributed by atoms with Crippen LogP contribution in [0.5, 0.6) is 0 Å². The van der Waals surface area contributed by atoms with E-state index in [1.165, 1.54) is 30.7 Å². The van der Waals surface area contributed by atoms with Gasteiger partial charge in [0.25, 0.3) is 0 Å². The molecule has 0 aromatic carbocycles. The van der Waals surface area contributed by atoms with Crippen molar-refractivity contribution in [3.8, 4) is 11.4 Å². The number of carboxylic acids is 1. The van der Waals surface area contributed by atoms with Crippen molar-refractivity contribution in [1.82, 2.24) is 19.9 Å². The fourth-order valence-electron chi connectivity index (χ4n) is 1.82. The van der Waals surface area contributed by atoms with Crippen LogP contribution in [-0.2, 0) is 0 Å². The summed E-state index contributed by atoms with van der Waals surface area (Å²) in [5, 5.41) is 9.07. The van der Waals surface area contributed by atoms with Gasteiger partial charge in [0, 0.05) is 24.7 Å². The lowest BCUT2D eigenvalue weighted by atomic mass is 10.2. The lowest BCUT2D eigenvalue weighted by Gasteiger charge is -1.94. The van der Waals surface area contributed by atoms with Crippen molar-refractivity contribution in [3.05, 3.63) is 46.5 Å². The molecule has 0 fully saturated rings. The Labute approximate surface area is 106 Å². The Kier molecular flexibility index (Phi) is 2.38. The van der Waals surface area contributed by atoms with Gasteiger partial charge in [0.15, 0.2) is 11.1 Å². The van der Waals surface area contributed by atoms with Crippen LogP contribution >= 0.6 is 0 Å². The van der Waals surface area contributed by atoms with E-state index in [9.17, 15) is 9.59 Å². The molecule has 3 heterocycles. The van der Waals surface area contributed by atoms with Crippen molar-refractivity contribution in [1.29, 1.82) is 0 Å². The predicted molar refractivity (Wildman–Crippen MR) is 66.9 cm³/mol. The highest BCUT2D eigenvalue weighted by Gasteiger charge is 2.15. The molecule has 19 heavy (non-hydrogen) atoms. The standard InChI is InChI=1S/C12H8N4O3/c17-8-2-3-13-5-7(8)10-15-9-6(12(18)19)1-4-14-11(9)16-10/h1-5H,(H,13,17)(H,18,19)(H,14,15,16). The lowest BCUT2D eigenvalue weighted by Crippen LogP contribution is -2.03. The zero-order valence-corrected chi connectivity index (χ0v) is 9.54. The second-order valence-corrected chi connectivity index (χ2v) is 3.87. The molecule has 0 aliphatic rings. The summed E-state index contributed by atoms with van der Waals surface area (Å²) in [6.45, 7) is 0. The van der Waals surface area contributed by atoms with Gasteiger partial charge in [0.1, 0.15) is 5.82 Å². The normalized spacial score (nSPS) is 10.7. The highest BCUT2D eigenvalue weighted by molar-refractivity contribution is 6.00. The molecule has 3 rings (SSSR count). The SMILES string of the molecule is O=C(O)c1ccnc2nc(-c3c[nH]ccc3=O)[nH]c12. The molecule has 3 N–H and O–H groups in total. The van der Waals surface area contributed by atoms with Gasteiger partial charge in [0.2, 0.25) is 0 Å². The summed E-state index contributed by atoms with van der Waals surface area (Å²) in [7, 11) is 0. The van der Waals surface area contributed by atoms with Crippen LogP contribution in [0.15, 0.2) is 35.5 Å². The van der Waals surface area contributed by atoms with E-state index in [0.29, 0.717) is 11.1 Å². The highest BCUT2D eigenvalue weighted by atomic mass is 16.4. The number of aromatic amines is 2. The van der Waals surface area contributed by atoms with E-state index >= 15 is 0 Å². The minimum Gasteiger partial charge on any atom is -0.478 e. The Morgan fingerprint density at radius 3 is 2.89 bits per heavy atom. The number of imidazole rings is 1. The molecule has 0 atom stereocenters. The average Bonchev–Trinajstić information content (AvgIpc) is 2.82. The molecule has 7 nitrogen and oxygen atoms in total. The van der Waals surface area contributed by atoms with E-state index in [0.717, 1.165) is 0 Å². The number of pyridine rings is 2. The number of hydrogen-bond acceptors (Lipinski definition) is 4. The Morgan fingerprint density at radius 1 is 1.32 bits per heavy atom. The number of aromatic nitrogens is 4. The fraction of sp³-hybridized carbons (Fsp3) is 0. The van der Waals surface area contributed by atoms with Gasteiger partial charge in [-0.05, 0) is 6.07 Å². The number of nitrogens with one attached hydrogen (secondary N) is 2. The first-order valence-electron chi connectivity index (χ1n) is 5.42. The van der Waals surface area contributed by atoms with Crippen molar-refractivity contribution in [2.45, 2.75) is 0 Å². The van der Waals surface area contributed by atoms with E-state index < -0.39 is 5.97 Å². The van der Waals surface area contributed by atoms with Crippen LogP contribution in [0, 0.1) is 0 Å². The Balaban J connectivity index is 2.29. The van der Waals surface area contributed by atoms with E-state index in [1.54, 1.807) is 0 Å². The van der Waals surface area contributed by atoms with Crippen molar-refractivity contribution < 1.29 is 9.90 Å². The Bertz CT molecular complexity index is 834. The molecule has 0 amide bonds. The van der Waals surface area contributed by atoms with Crippen LogP contribution in [0.1, 0.15) is 10.4 Å². The van der Waals surface area contributed by atoms with Crippen LogP contribution in [0.2, 0.25) is 0 Å². The van der Waals surface area contributed by atoms with E-state index in [-0.39, 0.29) is 22.5 Å². The fourth-order valence-corrected chi connectivity index (χ4v) is 1.82. The third-order valence-electron chi connectivity index (χ3n) is 2.70. The summed E-state index contributed by atoms with van der Waals surface area (Å²) in [5.74, 6) is -0.789. The molecule has 0 unspecified atom stereocenters. The molecule has 0 aliphatic carbocycles. The third-order valence-corrected chi connectivity index (χ3v) is 2.70. The molecular weight excluding hydrogens is 248 g/mol. The molecule has 0 saturated heterocycles. The summed E-state index contributed by atoms with van der Waals surface area (Å²) in [6, 6.07) is 2.75. The highest BCUT2D eigenvalue weighted by Crippen LogP contribution is 2.18. The summed E-state index contributed by atoms with van der Waals surface area (Å²) in [4.78, 5) is 36.5. The zero-order valence-electron chi connectivity index (χ0n) is 9.54. The number of aromatic carboxylic acids is 1. The molecule has 0 saturated carbocycles. The Morgan fingerprint density at radius 2 is 2.16 bits per heavy atom. The molecule has 0 spiro atoms. The number of fused-ring (bicyclic) bond motifs is 1. The predicted octanol–water partition coefficient (Wildman–Crippen LogP) is 1.01. The smallest absolute Gasteiger partial charge is 0.338 e. The third kappa shape index (κ3) is 1.77. The quantitative estimate of drug-likeness (QED) is 0.633. The van der Waals surface area contributed by atoms with Gasteiger partial charge in [-0.15, -0.1) is 0 Å². The first-order valence-corrected chi connectivity index (χ1v) is 5.42. The van der Waals surface area contributed by atoms with Crippen molar-refractivity contribution in [3.63, 3.8) is 0 Å². The maximum absolute atomic E-state index is 11.7. The molecule has 3 aromatic heterocycles. The summed E-state index contributed by atoms with van der Waals surface area (Å²) < 4.78 is 0. The second-order valence-electron chi connectivity index (χ2n) is 3.87. The number of nitrogens with zero attached hydrogens (tertiary/aromatic N) is 2. The lowest BCUT2D eigenvalue weighted by molar-refractivity contribution is 0.0699. The van der Waals surface area contributed by atoms with E-state index in [4.69, 9.17) is 5.11 Å². The van der Waals surface area contributed by atoms with E-state index in [1.807, 2.05) is 0 Å². The van der Waals surface area contributed by atoms with Crippen LogP contribution in [0.3, 0.4) is 0 Å². The van der Waals surface area contributed by atoms with Crippen LogP contribution in [0.4, 0.5) is 0 Å². The second kappa shape index (κ2) is 4.05. The maximum atomic E-state index is 11.7. The average molecular weight is 256 g/mol. The number of carboxylic acid groups (broad SMARTS) is 1. The summed E-state index contributed by atoms with van der Waals surface area (Å²) in [6.07, 6.45) is 4.38. The van der Waals surface area contributed by atoms with Gasteiger partial charge in [0.05, 0.1) is 16.6 Å². The Hall–Kier alpha value is -2.96.